The second kappa shape index (κ2) is 11.4. The topological polar surface area (TPSA) is 149 Å². The number of aryl methyl sites for hydroxylation is 1. The van der Waals surface area contributed by atoms with E-state index < -0.39 is 12.0 Å². The molecule has 0 unspecified atom stereocenters. The van der Waals surface area contributed by atoms with Gasteiger partial charge < -0.3 is 20.6 Å². The van der Waals surface area contributed by atoms with Crippen molar-refractivity contribution in [1.29, 1.82) is 5.41 Å². The largest absolute Gasteiger partial charge is 0.476 e. The molecule has 5 rings (SSSR count). The van der Waals surface area contributed by atoms with Crippen LogP contribution in [0.2, 0.25) is 5.15 Å². The smallest absolute Gasteiger partial charge is 0.356 e. The normalized spacial score (nSPS) is 13.4. The van der Waals surface area contributed by atoms with Crippen molar-refractivity contribution in [1.82, 2.24) is 19.9 Å². The third-order valence-corrected chi connectivity index (χ3v) is 7.11. The van der Waals surface area contributed by atoms with Gasteiger partial charge in [-0.1, -0.05) is 41.9 Å². The van der Waals surface area contributed by atoms with Crippen molar-refractivity contribution in [3.8, 4) is 0 Å². The number of benzene rings is 2. The molecule has 11 nitrogen and oxygen atoms in total. The highest BCUT2D eigenvalue weighted by molar-refractivity contribution is 6.29. The van der Waals surface area contributed by atoms with E-state index >= 15 is 0 Å². The fraction of sp³-hybridized carbons (Fsp3) is 0.241. The molecular weight excluding hydrogens is 544 g/mol. The summed E-state index contributed by atoms with van der Waals surface area (Å²) in [5.74, 6) is -0.781. The van der Waals surface area contributed by atoms with E-state index in [0.717, 1.165) is 22.3 Å². The fourth-order valence-corrected chi connectivity index (χ4v) is 5.19. The molecule has 0 fully saturated rings. The summed E-state index contributed by atoms with van der Waals surface area (Å²) in [6.45, 7) is 4.83. The SMILES string of the molecule is CN/C=N\C(=N)Cn1c(N2Cc3ccccc3C2)nc2c([C@@H](C)Nc3ccc(Cl)nc3C(=O)O)cc(C)cc2c1=O. The Labute approximate surface area is 241 Å². The summed E-state index contributed by atoms with van der Waals surface area (Å²) >= 11 is 5.94. The number of hydrogen-bond donors (Lipinski definition) is 4. The molecule has 0 spiro atoms. The van der Waals surface area contributed by atoms with Gasteiger partial charge in [0.15, 0.2) is 5.69 Å². The fourth-order valence-electron chi connectivity index (χ4n) is 5.04. The summed E-state index contributed by atoms with van der Waals surface area (Å²) < 4.78 is 1.50. The molecule has 2 aromatic heterocycles. The van der Waals surface area contributed by atoms with Crippen LogP contribution in [0.15, 0.2) is 58.3 Å². The van der Waals surface area contributed by atoms with Crippen LogP contribution in [0.4, 0.5) is 11.6 Å². The Hall–Kier alpha value is -4.77. The second-order valence-electron chi connectivity index (χ2n) is 9.87. The molecular formula is C29H29ClN8O3. The minimum Gasteiger partial charge on any atom is -0.476 e. The molecule has 1 aliphatic heterocycles. The van der Waals surface area contributed by atoms with Gasteiger partial charge in [-0.2, -0.15) is 0 Å². The number of carboxylic acid groups (broad SMARTS) is 1. The number of anilines is 2. The van der Waals surface area contributed by atoms with Gasteiger partial charge in [0.1, 0.15) is 11.0 Å². The van der Waals surface area contributed by atoms with E-state index in [4.69, 9.17) is 22.0 Å². The summed E-state index contributed by atoms with van der Waals surface area (Å²) in [6.07, 6.45) is 1.40. The van der Waals surface area contributed by atoms with Crippen LogP contribution in [0.25, 0.3) is 10.9 Å². The first kappa shape index (κ1) is 27.8. The summed E-state index contributed by atoms with van der Waals surface area (Å²) in [7, 11) is 1.69. The minimum atomic E-state index is -1.21. The monoisotopic (exact) mass is 572 g/mol. The number of rotatable bonds is 8. The first-order chi connectivity index (χ1) is 19.7. The van der Waals surface area contributed by atoms with Gasteiger partial charge in [-0.25, -0.2) is 19.8 Å². The number of halogens is 1. The zero-order valence-electron chi connectivity index (χ0n) is 22.8. The van der Waals surface area contributed by atoms with E-state index in [1.165, 1.54) is 17.0 Å². The molecule has 0 saturated heterocycles. The molecule has 41 heavy (non-hydrogen) atoms. The van der Waals surface area contributed by atoms with Crippen LogP contribution >= 0.6 is 11.6 Å². The molecule has 2 aromatic carbocycles. The molecule has 12 heteroatoms. The van der Waals surface area contributed by atoms with Gasteiger partial charge in [0.25, 0.3) is 5.56 Å². The predicted octanol–water partition coefficient (Wildman–Crippen LogP) is 4.37. The maximum absolute atomic E-state index is 14.1. The van der Waals surface area contributed by atoms with Gasteiger partial charge in [0.05, 0.1) is 35.5 Å². The molecule has 0 aliphatic carbocycles. The molecule has 0 radical (unpaired) electrons. The van der Waals surface area contributed by atoms with E-state index in [1.54, 1.807) is 19.2 Å². The number of aliphatic imine (C=N–C) groups is 1. The third-order valence-electron chi connectivity index (χ3n) is 6.90. The van der Waals surface area contributed by atoms with Crippen molar-refractivity contribution >= 4 is 52.3 Å². The molecule has 1 aliphatic rings. The summed E-state index contributed by atoms with van der Waals surface area (Å²) in [5.41, 5.74) is 4.14. The Kier molecular flexibility index (Phi) is 7.71. The number of carboxylic acids is 1. The Balaban J connectivity index is 1.65. The number of nitrogens with zero attached hydrogens (tertiary/aromatic N) is 5. The average Bonchev–Trinajstić information content (AvgIpc) is 3.38. The van der Waals surface area contributed by atoms with Crippen LogP contribution in [0.1, 0.15) is 45.7 Å². The Morgan fingerprint density at radius 2 is 1.90 bits per heavy atom. The van der Waals surface area contributed by atoms with Gasteiger partial charge in [0.2, 0.25) is 5.95 Å². The summed E-state index contributed by atoms with van der Waals surface area (Å²) in [5, 5.41) is 24.5. The first-order valence-corrected chi connectivity index (χ1v) is 13.3. The van der Waals surface area contributed by atoms with Crippen LogP contribution in [0.3, 0.4) is 0 Å². The van der Waals surface area contributed by atoms with Crippen molar-refractivity contribution in [2.75, 3.05) is 17.3 Å². The molecule has 4 N–H and O–H groups in total. The lowest BCUT2D eigenvalue weighted by molar-refractivity contribution is 0.0691. The second-order valence-corrected chi connectivity index (χ2v) is 10.3. The van der Waals surface area contributed by atoms with E-state index in [9.17, 15) is 14.7 Å². The lowest BCUT2D eigenvalue weighted by atomic mass is 10.0. The summed E-state index contributed by atoms with van der Waals surface area (Å²) in [4.78, 5) is 41.0. The van der Waals surface area contributed by atoms with Gasteiger partial charge in [0, 0.05) is 25.7 Å². The van der Waals surface area contributed by atoms with Gasteiger partial charge in [-0.15, -0.1) is 0 Å². The summed E-state index contributed by atoms with van der Waals surface area (Å²) in [6, 6.07) is 14.4. The maximum Gasteiger partial charge on any atom is 0.356 e. The van der Waals surface area contributed by atoms with Crippen molar-refractivity contribution in [2.24, 2.45) is 4.99 Å². The van der Waals surface area contributed by atoms with Crippen molar-refractivity contribution in [3.63, 3.8) is 0 Å². The van der Waals surface area contributed by atoms with Gasteiger partial charge in [-0.05, 0) is 48.7 Å². The van der Waals surface area contributed by atoms with Crippen molar-refractivity contribution in [3.05, 3.63) is 92.0 Å². The third kappa shape index (κ3) is 5.62. The molecule has 4 aromatic rings. The Morgan fingerprint density at radius 3 is 2.56 bits per heavy atom. The number of carbonyl (C=O) groups is 1. The number of hydrogen-bond acceptors (Lipinski definition) is 7. The zero-order valence-corrected chi connectivity index (χ0v) is 23.5. The van der Waals surface area contributed by atoms with E-state index in [0.29, 0.717) is 35.6 Å². The molecule has 0 amide bonds. The Bertz CT molecular complexity index is 1740. The predicted molar refractivity (Wildman–Crippen MR) is 161 cm³/mol. The highest BCUT2D eigenvalue weighted by Crippen LogP contribution is 2.31. The highest BCUT2D eigenvalue weighted by Gasteiger charge is 2.26. The Morgan fingerprint density at radius 1 is 1.20 bits per heavy atom. The van der Waals surface area contributed by atoms with E-state index in [2.05, 4.69) is 32.7 Å². The van der Waals surface area contributed by atoms with Crippen LogP contribution in [0, 0.1) is 12.3 Å². The minimum absolute atomic E-state index is 0.0000826. The van der Waals surface area contributed by atoms with Crippen LogP contribution in [0.5, 0.6) is 0 Å². The van der Waals surface area contributed by atoms with Crippen LogP contribution < -0.4 is 21.1 Å². The standard InChI is InChI=1S/C29H29ClN8O3/c1-16-10-20(17(2)34-22-8-9-23(30)35-26(22)28(40)41)25-21(11-16)27(39)38(14-24(31)33-15-32-3)29(36-25)37-12-18-6-4-5-7-19(18)13-37/h4-11,15,17,34H,12-14H2,1-3H3,(H,40,41)(H2,31,32,33)/t17-/m1/s1. The highest BCUT2D eigenvalue weighted by atomic mass is 35.5. The lowest BCUT2D eigenvalue weighted by Crippen LogP contribution is -2.32. The first-order valence-electron chi connectivity index (χ1n) is 13.0. The molecule has 0 bridgehead atoms. The van der Waals surface area contributed by atoms with Crippen molar-refractivity contribution < 1.29 is 9.90 Å². The zero-order chi connectivity index (χ0) is 29.3. The number of aromatic carboxylic acids is 1. The van der Waals surface area contributed by atoms with Crippen LogP contribution in [-0.4, -0.2) is 44.8 Å². The van der Waals surface area contributed by atoms with Crippen LogP contribution in [-0.2, 0) is 19.6 Å². The van der Waals surface area contributed by atoms with E-state index in [1.807, 2.05) is 36.9 Å². The molecule has 210 valence electrons. The molecule has 0 saturated carbocycles. The molecule has 3 heterocycles. The quantitative estimate of drug-likeness (QED) is 0.138. The van der Waals surface area contributed by atoms with Crippen molar-refractivity contribution in [2.45, 2.75) is 39.5 Å². The number of pyridine rings is 1. The molecule has 1 atom stereocenters. The maximum atomic E-state index is 14.1. The average molecular weight is 573 g/mol. The number of nitrogens with one attached hydrogen (secondary N) is 3. The van der Waals surface area contributed by atoms with Gasteiger partial charge >= 0.3 is 5.97 Å². The van der Waals surface area contributed by atoms with Gasteiger partial charge in [-0.3, -0.25) is 14.8 Å². The number of fused-ring (bicyclic) bond motifs is 2. The van der Waals surface area contributed by atoms with E-state index in [-0.39, 0.29) is 28.8 Å². The lowest BCUT2D eigenvalue weighted by Gasteiger charge is -2.24. The number of amidine groups is 1. The number of aromatic nitrogens is 3.